The lowest BCUT2D eigenvalue weighted by atomic mass is 10.0. The lowest BCUT2D eigenvalue weighted by Crippen LogP contribution is -2.39. The van der Waals surface area contributed by atoms with Crippen molar-refractivity contribution in [1.29, 1.82) is 0 Å². The molecule has 3 N–H and O–H groups in total. The van der Waals surface area contributed by atoms with Crippen LogP contribution in [0.15, 0.2) is 29.2 Å². The summed E-state index contributed by atoms with van der Waals surface area (Å²) in [6.45, 7) is 2.32. The van der Waals surface area contributed by atoms with Crippen LogP contribution in [-0.2, 0) is 19.6 Å². The lowest BCUT2D eigenvalue weighted by molar-refractivity contribution is -0.133. The van der Waals surface area contributed by atoms with Gasteiger partial charge in [-0.05, 0) is 44.0 Å². The molecule has 104 valence electrons. The molecule has 0 bridgehead atoms. The van der Waals surface area contributed by atoms with Crippen molar-refractivity contribution in [2.45, 2.75) is 30.3 Å². The predicted octanol–water partition coefficient (Wildman–Crippen LogP) is 0.842. The molecule has 2 rings (SSSR count). The van der Waals surface area contributed by atoms with Crippen molar-refractivity contribution in [3.05, 3.63) is 24.3 Å². The van der Waals surface area contributed by atoms with Gasteiger partial charge in [-0.3, -0.25) is 4.79 Å². The van der Waals surface area contributed by atoms with Crippen molar-refractivity contribution >= 4 is 21.6 Å². The quantitative estimate of drug-likeness (QED) is 0.859. The number of amides is 1. The van der Waals surface area contributed by atoms with E-state index in [9.17, 15) is 13.2 Å². The fraction of sp³-hybridized carbons (Fsp3) is 0.417. The summed E-state index contributed by atoms with van der Waals surface area (Å²) in [6, 6.07) is 5.69. The van der Waals surface area contributed by atoms with Crippen molar-refractivity contribution in [3.8, 4) is 0 Å². The number of nitrogens with one attached hydrogen (secondary N) is 1. The van der Waals surface area contributed by atoms with Gasteiger partial charge in [-0.25, -0.2) is 13.6 Å². The number of carbonyl (C=O) groups is 1. The molecule has 19 heavy (non-hydrogen) atoms. The van der Waals surface area contributed by atoms with Crippen molar-refractivity contribution < 1.29 is 17.9 Å². The second-order valence-electron chi connectivity index (χ2n) is 4.71. The number of hydrogen-bond donors (Lipinski definition) is 2. The zero-order valence-corrected chi connectivity index (χ0v) is 11.4. The Morgan fingerprint density at radius 1 is 1.37 bits per heavy atom. The van der Waals surface area contributed by atoms with Crippen molar-refractivity contribution in [1.82, 2.24) is 0 Å². The maximum atomic E-state index is 12.0. The second-order valence-corrected chi connectivity index (χ2v) is 6.27. The number of nitrogens with two attached hydrogens (primary N) is 1. The minimum absolute atomic E-state index is 0.00817. The van der Waals surface area contributed by atoms with Gasteiger partial charge >= 0.3 is 0 Å². The first kappa shape index (κ1) is 14.0. The van der Waals surface area contributed by atoms with Gasteiger partial charge in [0.15, 0.2) is 0 Å². The fourth-order valence-corrected chi connectivity index (χ4v) is 2.46. The topological polar surface area (TPSA) is 98.5 Å². The minimum atomic E-state index is -3.71. The molecular weight excluding hydrogens is 268 g/mol. The molecule has 1 aliphatic heterocycles. The number of carbonyl (C=O) groups excluding carboxylic acids is 1. The molecule has 1 amide bonds. The number of benzene rings is 1. The van der Waals surface area contributed by atoms with Crippen LogP contribution >= 0.6 is 0 Å². The smallest absolute Gasteiger partial charge is 0.256 e. The molecule has 0 spiro atoms. The Bertz CT molecular complexity index is 574. The molecule has 1 atom stereocenters. The summed E-state index contributed by atoms with van der Waals surface area (Å²) in [7, 11) is -3.71. The average molecular weight is 284 g/mol. The SMILES string of the molecule is CC1(C(=O)Nc2ccc(S(N)(=O)=O)cc2)CCCO1. The molecule has 7 heteroatoms. The zero-order valence-electron chi connectivity index (χ0n) is 10.5. The third-order valence-electron chi connectivity index (χ3n) is 3.14. The summed E-state index contributed by atoms with van der Waals surface area (Å²) >= 11 is 0. The van der Waals surface area contributed by atoms with Gasteiger partial charge in [-0.1, -0.05) is 0 Å². The van der Waals surface area contributed by atoms with Crippen LogP contribution in [0.25, 0.3) is 0 Å². The number of sulfonamides is 1. The third-order valence-corrected chi connectivity index (χ3v) is 4.07. The summed E-state index contributed by atoms with van der Waals surface area (Å²) in [6.07, 6.45) is 1.53. The standard InChI is InChI=1S/C12H16N2O4S/c1-12(7-2-8-18-12)11(15)14-9-3-5-10(6-4-9)19(13,16)17/h3-6H,2,7-8H2,1H3,(H,14,15)(H2,13,16,17). The van der Waals surface area contributed by atoms with Gasteiger partial charge in [-0.2, -0.15) is 0 Å². The molecule has 1 aliphatic rings. The molecule has 1 aromatic rings. The predicted molar refractivity (Wildman–Crippen MR) is 70.0 cm³/mol. The largest absolute Gasteiger partial charge is 0.365 e. The number of ether oxygens (including phenoxy) is 1. The second kappa shape index (κ2) is 4.92. The Balaban J connectivity index is 2.10. The molecule has 1 aromatic carbocycles. The van der Waals surface area contributed by atoms with E-state index in [4.69, 9.17) is 9.88 Å². The maximum Gasteiger partial charge on any atom is 0.256 e. The number of anilines is 1. The van der Waals surface area contributed by atoms with Gasteiger partial charge in [0.1, 0.15) is 5.60 Å². The van der Waals surface area contributed by atoms with E-state index in [-0.39, 0.29) is 10.8 Å². The number of hydrogen-bond acceptors (Lipinski definition) is 4. The summed E-state index contributed by atoms with van der Waals surface area (Å²) < 4.78 is 27.6. The molecule has 6 nitrogen and oxygen atoms in total. The fourth-order valence-electron chi connectivity index (χ4n) is 1.95. The normalized spacial score (nSPS) is 23.3. The molecule has 1 fully saturated rings. The van der Waals surface area contributed by atoms with E-state index in [0.29, 0.717) is 18.7 Å². The average Bonchev–Trinajstić information content (AvgIpc) is 2.77. The van der Waals surface area contributed by atoms with Crippen LogP contribution in [0, 0.1) is 0 Å². The first-order valence-electron chi connectivity index (χ1n) is 5.90. The Kier molecular flexibility index (Phi) is 3.62. The van der Waals surface area contributed by atoms with E-state index in [2.05, 4.69) is 5.32 Å². The van der Waals surface area contributed by atoms with E-state index in [1.54, 1.807) is 6.92 Å². The van der Waals surface area contributed by atoms with Gasteiger partial charge in [0, 0.05) is 12.3 Å². The summed E-state index contributed by atoms with van der Waals surface area (Å²) in [5.41, 5.74) is -0.298. The zero-order chi connectivity index (χ0) is 14.1. The van der Waals surface area contributed by atoms with Gasteiger partial charge in [0.2, 0.25) is 10.0 Å². The van der Waals surface area contributed by atoms with Crippen LogP contribution in [0.2, 0.25) is 0 Å². The highest BCUT2D eigenvalue weighted by Crippen LogP contribution is 2.26. The number of rotatable bonds is 3. The molecule has 0 saturated carbocycles. The highest BCUT2D eigenvalue weighted by molar-refractivity contribution is 7.89. The van der Waals surface area contributed by atoms with Gasteiger partial charge < -0.3 is 10.1 Å². The molecule has 0 radical (unpaired) electrons. The third kappa shape index (κ3) is 3.12. The first-order valence-corrected chi connectivity index (χ1v) is 7.44. The molecule has 1 unspecified atom stereocenters. The summed E-state index contributed by atoms with van der Waals surface area (Å²) in [5.74, 6) is -0.228. The minimum Gasteiger partial charge on any atom is -0.365 e. The van der Waals surface area contributed by atoms with Crippen LogP contribution in [0.4, 0.5) is 5.69 Å². The van der Waals surface area contributed by atoms with Crippen LogP contribution in [0.1, 0.15) is 19.8 Å². The summed E-state index contributed by atoms with van der Waals surface area (Å²) in [4.78, 5) is 12.0. The molecule has 0 aromatic heterocycles. The Hall–Kier alpha value is -1.44. The van der Waals surface area contributed by atoms with Crippen molar-refractivity contribution in [3.63, 3.8) is 0 Å². The highest BCUT2D eigenvalue weighted by atomic mass is 32.2. The van der Waals surface area contributed by atoms with E-state index in [1.165, 1.54) is 24.3 Å². The van der Waals surface area contributed by atoms with Crippen molar-refractivity contribution in [2.75, 3.05) is 11.9 Å². The van der Waals surface area contributed by atoms with E-state index < -0.39 is 15.6 Å². The van der Waals surface area contributed by atoms with Crippen molar-refractivity contribution in [2.24, 2.45) is 5.14 Å². The Morgan fingerprint density at radius 3 is 2.47 bits per heavy atom. The Labute approximate surface area is 112 Å². The van der Waals surface area contributed by atoms with Crippen LogP contribution in [0.3, 0.4) is 0 Å². The van der Waals surface area contributed by atoms with Crippen LogP contribution in [0.5, 0.6) is 0 Å². The van der Waals surface area contributed by atoms with E-state index in [0.717, 1.165) is 6.42 Å². The molecule has 1 heterocycles. The van der Waals surface area contributed by atoms with Crippen LogP contribution < -0.4 is 10.5 Å². The van der Waals surface area contributed by atoms with Crippen LogP contribution in [-0.4, -0.2) is 26.5 Å². The first-order chi connectivity index (χ1) is 8.81. The molecular formula is C12H16N2O4S. The van der Waals surface area contributed by atoms with E-state index in [1.807, 2.05) is 0 Å². The lowest BCUT2D eigenvalue weighted by Gasteiger charge is -2.21. The highest BCUT2D eigenvalue weighted by Gasteiger charge is 2.37. The maximum absolute atomic E-state index is 12.0. The van der Waals surface area contributed by atoms with Gasteiger partial charge in [-0.15, -0.1) is 0 Å². The summed E-state index contributed by atoms with van der Waals surface area (Å²) in [5, 5.41) is 7.70. The monoisotopic (exact) mass is 284 g/mol. The molecule has 1 saturated heterocycles. The van der Waals surface area contributed by atoms with E-state index >= 15 is 0 Å². The van der Waals surface area contributed by atoms with Gasteiger partial charge in [0.25, 0.3) is 5.91 Å². The Morgan fingerprint density at radius 2 is 2.00 bits per heavy atom. The molecule has 0 aliphatic carbocycles. The van der Waals surface area contributed by atoms with Gasteiger partial charge in [0.05, 0.1) is 4.90 Å². The number of primary sulfonamides is 1.